The number of piperidine rings is 1. The molecule has 258 valence electrons. The lowest BCUT2D eigenvalue weighted by Gasteiger charge is -2.28. The van der Waals surface area contributed by atoms with Crippen molar-refractivity contribution in [1.82, 2.24) is 29.7 Å². The Morgan fingerprint density at radius 2 is 1.85 bits per heavy atom. The van der Waals surface area contributed by atoms with E-state index in [1.807, 2.05) is 41.3 Å². The van der Waals surface area contributed by atoms with E-state index in [0.29, 0.717) is 62.9 Å². The van der Waals surface area contributed by atoms with Crippen LogP contribution in [-0.4, -0.2) is 96.0 Å². The van der Waals surface area contributed by atoms with Gasteiger partial charge in [0.1, 0.15) is 17.1 Å². The van der Waals surface area contributed by atoms with E-state index in [1.54, 1.807) is 20.1 Å². The van der Waals surface area contributed by atoms with Crippen LogP contribution in [0.4, 0.5) is 10.6 Å². The zero-order valence-electron chi connectivity index (χ0n) is 28.3. The number of anilines is 1. The molecule has 4 aromatic rings. The lowest BCUT2D eigenvalue weighted by atomic mass is 10.1. The van der Waals surface area contributed by atoms with Gasteiger partial charge in [-0.25, -0.2) is 19.6 Å². The Kier molecular flexibility index (Phi) is 12.8. The molecule has 0 aliphatic carbocycles. The first-order chi connectivity index (χ1) is 23.5. The van der Waals surface area contributed by atoms with Crippen LogP contribution in [-0.2, 0) is 33.8 Å². The fourth-order valence-electron chi connectivity index (χ4n) is 6.27. The van der Waals surface area contributed by atoms with Crippen molar-refractivity contribution < 1.29 is 23.8 Å². The van der Waals surface area contributed by atoms with Crippen LogP contribution in [0.3, 0.4) is 0 Å². The molecule has 0 saturated carbocycles. The highest BCUT2D eigenvalue weighted by Crippen LogP contribution is 2.29. The molecule has 12 nitrogen and oxygen atoms in total. The highest BCUT2D eigenvalue weighted by Gasteiger charge is 2.19. The summed E-state index contributed by atoms with van der Waals surface area (Å²) in [6.45, 7) is 7.76. The second kappa shape index (κ2) is 17.7. The van der Waals surface area contributed by atoms with Crippen LogP contribution >= 0.6 is 0 Å². The van der Waals surface area contributed by atoms with E-state index < -0.39 is 5.97 Å². The molecule has 2 aromatic heterocycles. The number of aromatic nitrogens is 3. The van der Waals surface area contributed by atoms with Crippen LogP contribution in [0.1, 0.15) is 50.4 Å². The van der Waals surface area contributed by atoms with Gasteiger partial charge in [-0.1, -0.05) is 36.8 Å². The molecule has 3 heterocycles. The summed E-state index contributed by atoms with van der Waals surface area (Å²) >= 11 is 0. The molecule has 0 unspecified atom stereocenters. The second-order valence-corrected chi connectivity index (χ2v) is 12.1. The van der Waals surface area contributed by atoms with Gasteiger partial charge in [-0.2, -0.15) is 0 Å². The number of urea groups is 1. The summed E-state index contributed by atoms with van der Waals surface area (Å²) in [5, 5.41) is 4.17. The molecule has 12 heteroatoms. The van der Waals surface area contributed by atoms with Crippen LogP contribution < -0.4 is 15.8 Å². The molecule has 0 spiro atoms. The molecule has 0 radical (unpaired) electrons. The van der Waals surface area contributed by atoms with Gasteiger partial charge in [-0.05, 0) is 69.5 Å². The molecule has 5 rings (SSSR count). The Morgan fingerprint density at radius 1 is 1.02 bits per heavy atom. The van der Waals surface area contributed by atoms with Crippen molar-refractivity contribution in [2.75, 3.05) is 65.4 Å². The predicted octanol–water partition coefficient (Wildman–Crippen LogP) is 4.78. The molecule has 48 heavy (non-hydrogen) atoms. The summed E-state index contributed by atoms with van der Waals surface area (Å²) in [7, 11) is 1.69. The average Bonchev–Trinajstić information content (AvgIpc) is 3.47. The molecule has 1 fully saturated rings. The van der Waals surface area contributed by atoms with Gasteiger partial charge in [0.2, 0.25) is 0 Å². The molecule has 3 N–H and O–H groups in total. The molecule has 2 aromatic carbocycles. The van der Waals surface area contributed by atoms with Crippen LogP contribution in [0.5, 0.6) is 5.75 Å². The number of para-hydroxylation sites is 1. The van der Waals surface area contributed by atoms with Gasteiger partial charge in [-0.15, -0.1) is 0 Å². The number of pyridine rings is 1. The Hall–Kier alpha value is -4.42. The number of carbonyl (C=O) groups excluding carboxylic acids is 2. The number of likely N-dealkylation sites (tertiary alicyclic amines) is 1. The maximum Gasteiger partial charge on any atom is 0.344 e. The number of nitrogens with one attached hydrogen (secondary N) is 1. The third-order valence-corrected chi connectivity index (χ3v) is 8.65. The number of carbonyl (C=O) groups is 2. The molecule has 0 atom stereocenters. The van der Waals surface area contributed by atoms with Crippen molar-refractivity contribution in [3.63, 3.8) is 0 Å². The number of nitrogens with two attached hydrogens (primary N) is 1. The number of methoxy groups -OCH3 is 1. The summed E-state index contributed by atoms with van der Waals surface area (Å²) in [4.78, 5) is 39.1. The number of fused-ring (bicyclic) bond motifs is 3. The van der Waals surface area contributed by atoms with Crippen molar-refractivity contribution >= 4 is 39.8 Å². The molecular formula is C36H49N7O5. The molecule has 2 amide bonds. The van der Waals surface area contributed by atoms with Gasteiger partial charge < -0.3 is 39.6 Å². The summed E-state index contributed by atoms with van der Waals surface area (Å²) in [6.07, 6.45) is 5.96. The number of aryl methyl sites for hydroxylation is 1. The minimum Gasteiger partial charge on any atom is -0.482 e. The summed E-state index contributed by atoms with van der Waals surface area (Å²) < 4.78 is 18.3. The first kappa shape index (κ1) is 34.9. The first-order valence-corrected chi connectivity index (χ1v) is 17.1. The smallest absolute Gasteiger partial charge is 0.344 e. The third kappa shape index (κ3) is 9.35. The van der Waals surface area contributed by atoms with Gasteiger partial charge in [0.25, 0.3) is 0 Å². The van der Waals surface area contributed by atoms with Crippen molar-refractivity contribution in [2.24, 2.45) is 0 Å². The minimum absolute atomic E-state index is 0.0939. The summed E-state index contributed by atoms with van der Waals surface area (Å²) in [5.41, 5.74) is 9.82. The van der Waals surface area contributed by atoms with Crippen LogP contribution in [0, 0.1) is 0 Å². The quantitative estimate of drug-likeness (QED) is 0.121. The van der Waals surface area contributed by atoms with Crippen molar-refractivity contribution in [3.8, 4) is 5.75 Å². The molecular weight excluding hydrogens is 610 g/mol. The summed E-state index contributed by atoms with van der Waals surface area (Å²) in [6, 6.07) is 15.4. The Bertz CT molecular complexity index is 1650. The SMILES string of the molecule is CCOC(=O)COc1cccc(CN(CCCCn2c(CCOC)nc3c(N)nc4ccccc4c32)C(=O)NCCN2CCCCC2)c1. The van der Waals surface area contributed by atoms with E-state index >= 15 is 0 Å². The molecule has 1 saturated heterocycles. The number of imidazole rings is 1. The maximum atomic E-state index is 13.6. The van der Waals surface area contributed by atoms with E-state index in [1.165, 1.54) is 19.3 Å². The fraction of sp³-hybridized carbons (Fsp3) is 0.500. The Labute approximate surface area is 282 Å². The number of hydrogen-bond donors (Lipinski definition) is 2. The summed E-state index contributed by atoms with van der Waals surface area (Å²) in [5.74, 6) is 1.47. The largest absolute Gasteiger partial charge is 0.482 e. The highest BCUT2D eigenvalue weighted by molar-refractivity contribution is 6.06. The van der Waals surface area contributed by atoms with E-state index in [-0.39, 0.29) is 12.6 Å². The normalized spacial score (nSPS) is 13.5. The zero-order chi connectivity index (χ0) is 33.7. The van der Waals surface area contributed by atoms with E-state index in [9.17, 15) is 9.59 Å². The number of ether oxygens (including phenoxy) is 3. The first-order valence-electron chi connectivity index (χ1n) is 17.1. The van der Waals surface area contributed by atoms with E-state index in [2.05, 4.69) is 25.8 Å². The highest BCUT2D eigenvalue weighted by atomic mass is 16.6. The maximum absolute atomic E-state index is 13.6. The lowest BCUT2D eigenvalue weighted by Crippen LogP contribution is -2.44. The number of benzene rings is 2. The number of nitrogen functional groups attached to an aromatic ring is 1. The molecule has 1 aliphatic rings. The molecule has 0 bridgehead atoms. The van der Waals surface area contributed by atoms with Gasteiger partial charge in [0, 0.05) is 51.6 Å². The van der Waals surface area contributed by atoms with E-state index in [4.69, 9.17) is 24.9 Å². The number of hydrogen-bond acceptors (Lipinski definition) is 9. The second-order valence-electron chi connectivity index (χ2n) is 12.1. The van der Waals surface area contributed by atoms with Crippen molar-refractivity contribution in [3.05, 3.63) is 59.9 Å². The molecule has 1 aliphatic heterocycles. The van der Waals surface area contributed by atoms with Gasteiger partial charge in [-0.3, -0.25) is 0 Å². The number of rotatable bonds is 17. The van der Waals surface area contributed by atoms with Gasteiger partial charge >= 0.3 is 12.0 Å². The van der Waals surface area contributed by atoms with Gasteiger partial charge in [0.15, 0.2) is 12.4 Å². The standard InChI is InChI=1S/C36H49N7O5/c1-3-47-32(44)26-48-28-13-11-12-27(24-28)25-42(36(45)38-17-22-41-18-7-4-8-19-41)20-9-10-21-43-31(16-23-46-2)40-33-34(43)29-14-5-6-15-30(29)39-35(33)37/h5-6,11-15,24H,3-4,7-10,16-23,25-26H2,1-2H3,(H2,37,39)(H,38,45). The third-order valence-electron chi connectivity index (χ3n) is 8.65. The van der Waals surface area contributed by atoms with E-state index in [0.717, 1.165) is 60.3 Å². The van der Waals surface area contributed by atoms with Crippen molar-refractivity contribution in [1.29, 1.82) is 0 Å². The number of unbranched alkanes of at least 4 members (excludes halogenated alkanes) is 1. The Morgan fingerprint density at radius 3 is 2.67 bits per heavy atom. The topological polar surface area (TPSA) is 137 Å². The van der Waals surface area contributed by atoms with Crippen LogP contribution in [0.2, 0.25) is 0 Å². The van der Waals surface area contributed by atoms with Crippen LogP contribution in [0.15, 0.2) is 48.5 Å². The number of amides is 2. The fourth-order valence-corrected chi connectivity index (χ4v) is 6.27. The van der Waals surface area contributed by atoms with Crippen molar-refractivity contribution in [2.45, 2.75) is 58.5 Å². The predicted molar refractivity (Wildman–Crippen MR) is 187 cm³/mol. The van der Waals surface area contributed by atoms with Gasteiger partial charge in [0.05, 0.1) is 24.2 Å². The minimum atomic E-state index is -0.416. The lowest BCUT2D eigenvalue weighted by molar-refractivity contribution is -0.145. The average molecular weight is 660 g/mol. The number of nitrogens with zero attached hydrogens (tertiary/aromatic N) is 5. The zero-order valence-corrected chi connectivity index (χ0v) is 28.3. The number of esters is 1. The Balaban J connectivity index is 1.28. The monoisotopic (exact) mass is 659 g/mol. The van der Waals surface area contributed by atoms with Crippen LogP contribution in [0.25, 0.3) is 21.9 Å².